The minimum atomic E-state index is -1.16. The SMILES string of the molecule is CC(=O)Oc1ccc(Br)cc1C(=O)NCC(=O)O. The molecular formula is C11H10BrNO5. The van der Waals surface area contributed by atoms with E-state index in [-0.39, 0.29) is 11.3 Å². The molecule has 0 aliphatic carbocycles. The molecule has 0 saturated carbocycles. The summed E-state index contributed by atoms with van der Waals surface area (Å²) >= 11 is 3.17. The van der Waals surface area contributed by atoms with Crippen molar-refractivity contribution in [3.05, 3.63) is 28.2 Å². The Morgan fingerprint density at radius 2 is 2.06 bits per heavy atom. The molecular weight excluding hydrogens is 306 g/mol. The number of carbonyl (C=O) groups excluding carboxylic acids is 2. The van der Waals surface area contributed by atoms with Crippen LogP contribution >= 0.6 is 15.9 Å². The first kappa shape index (κ1) is 14.2. The highest BCUT2D eigenvalue weighted by molar-refractivity contribution is 9.10. The fraction of sp³-hybridized carbons (Fsp3) is 0.182. The molecule has 1 aromatic rings. The maximum atomic E-state index is 11.7. The third kappa shape index (κ3) is 4.17. The monoisotopic (exact) mass is 315 g/mol. The van der Waals surface area contributed by atoms with Crippen LogP contribution in [0.5, 0.6) is 5.75 Å². The normalized spacial score (nSPS) is 9.67. The largest absolute Gasteiger partial charge is 0.480 e. The average Bonchev–Trinajstić information content (AvgIpc) is 2.27. The van der Waals surface area contributed by atoms with Crippen LogP contribution in [0, 0.1) is 0 Å². The molecule has 18 heavy (non-hydrogen) atoms. The van der Waals surface area contributed by atoms with E-state index in [1.165, 1.54) is 19.1 Å². The number of carbonyl (C=O) groups is 3. The van der Waals surface area contributed by atoms with E-state index >= 15 is 0 Å². The van der Waals surface area contributed by atoms with Crippen LogP contribution in [0.3, 0.4) is 0 Å². The Morgan fingerprint density at radius 3 is 2.61 bits per heavy atom. The fourth-order valence-corrected chi connectivity index (χ4v) is 1.54. The first-order valence-corrected chi connectivity index (χ1v) is 5.67. The van der Waals surface area contributed by atoms with Crippen molar-refractivity contribution in [1.82, 2.24) is 5.32 Å². The molecule has 0 spiro atoms. The number of carboxylic acid groups (broad SMARTS) is 1. The molecule has 96 valence electrons. The van der Waals surface area contributed by atoms with E-state index in [0.29, 0.717) is 4.47 Å². The van der Waals surface area contributed by atoms with Crippen molar-refractivity contribution in [3.8, 4) is 5.75 Å². The summed E-state index contributed by atoms with van der Waals surface area (Å²) in [6.45, 7) is 0.700. The van der Waals surface area contributed by atoms with Gasteiger partial charge in [0.1, 0.15) is 12.3 Å². The average molecular weight is 316 g/mol. The van der Waals surface area contributed by atoms with Crippen molar-refractivity contribution in [2.75, 3.05) is 6.54 Å². The quantitative estimate of drug-likeness (QED) is 0.643. The lowest BCUT2D eigenvalue weighted by molar-refractivity contribution is -0.136. The Bertz CT molecular complexity index is 500. The summed E-state index contributed by atoms with van der Waals surface area (Å²) in [6.07, 6.45) is 0. The van der Waals surface area contributed by atoms with Crippen LogP contribution in [0.4, 0.5) is 0 Å². The van der Waals surface area contributed by atoms with Crippen LogP contribution in [-0.2, 0) is 9.59 Å². The summed E-state index contributed by atoms with van der Waals surface area (Å²) in [5.74, 6) is -2.28. The second-order valence-electron chi connectivity index (χ2n) is 3.31. The summed E-state index contributed by atoms with van der Waals surface area (Å²) in [7, 11) is 0. The molecule has 0 bridgehead atoms. The van der Waals surface area contributed by atoms with E-state index < -0.39 is 24.4 Å². The number of nitrogens with one attached hydrogen (secondary N) is 1. The first-order valence-electron chi connectivity index (χ1n) is 4.88. The zero-order valence-corrected chi connectivity index (χ0v) is 11.0. The van der Waals surface area contributed by atoms with Crippen molar-refractivity contribution in [3.63, 3.8) is 0 Å². The Balaban J connectivity index is 2.97. The van der Waals surface area contributed by atoms with E-state index in [0.717, 1.165) is 0 Å². The van der Waals surface area contributed by atoms with Crippen molar-refractivity contribution < 1.29 is 24.2 Å². The van der Waals surface area contributed by atoms with E-state index in [9.17, 15) is 14.4 Å². The molecule has 0 fully saturated rings. The van der Waals surface area contributed by atoms with Gasteiger partial charge in [0.2, 0.25) is 0 Å². The molecule has 6 nitrogen and oxygen atoms in total. The Hall–Kier alpha value is -1.89. The zero-order chi connectivity index (χ0) is 13.7. The molecule has 0 unspecified atom stereocenters. The molecule has 0 radical (unpaired) electrons. The molecule has 0 aliphatic heterocycles. The highest BCUT2D eigenvalue weighted by atomic mass is 79.9. The summed E-state index contributed by atoms with van der Waals surface area (Å²) in [5, 5.41) is 10.7. The van der Waals surface area contributed by atoms with Gasteiger partial charge in [0.05, 0.1) is 5.56 Å². The molecule has 0 aromatic heterocycles. The number of hydrogen-bond donors (Lipinski definition) is 2. The number of hydrogen-bond acceptors (Lipinski definition) is 4. The minimum absolute atomic E-state index is 0.0774. The lowest BCUT2D eigenvalue weighted by Gasteiger charge is -2.09. The van der Waals surface area contributed by atoms with Gasteiger partial charge < -0.3 is 15.2 Å². The minimum Gasteiger partial charge on any atom is -0.480 e. The number of rotatable bonds is 4. The Morgan fingerprint density at radius 1 is 1.39 bits per heavy atom. The molecule has 1 aromatic carbocycles. The molecule has 0 heterocycles. The van der Waals surface area contributed by atoms with Crippen molar-refractivity contribution >= 4 is 33.8 Å². The van der Waals surface area contributed by atoms with Crippen LogP contribution in [0.25, 0.3) is 0 Å². The molecule has 7 heteroatoms. The van der Waals surface area contributed by atoms with E-state index in [4.69, 9.17) is 9.84 Å². The lowest BCUT2D eigenvalue weighted by atomic mass is 10.2. The predicted molar refractivity (Wildman–Crippen MR) is 65.4 cm³/mol. The number of esters is 1. The van der Waals surface area contributed by atoms with Gasteiger partial charge in [0.15, 0.2) is 0 Å². The van der Waals surface area contributed by atoms with Crippen LogP contribution in [-0.4, -0.2) is 29.5 Å². The number of aliphatic carboxylic acids is 1. The maximum Gasteiger partial charge on any atom is 0.322 e. The third-order valence-corrected chi connectivity index (χ3v) is 2.33. The van der Waals surface area contributed by atoms with Gasteiger partial charge in [-0.25, -0.2) is 0 Å². The van der Waals surface area contributed by atoms with Gasteiger partial charge >= 0.3 is 11.9 Å². The Labute approximate surface area is 111 Å². The van der Waals surface area contributed by atoms with Crippen molar-refractivity contribution in [1.29, 1.82) is 0 Å². The van der Waals surface area contributed by atoms with E-state index in [2.05, 4.69) is 21.2 Å². The molecule has 0 atom stereocenters. The van der Waals surface area contributed by atoms with E-state index in [1.807, 2.05) is 0 Å². The van der Waals surface area contributed by atoms with Crippen molar-refractivity contribution in [2.24, 2.45) is 0 Å². The molecule has 2 N–H and O–H groups in total. The van der Waals surface area contributed by atoms with Gasteiger partial charge in [-0.15, -0.1) is 0 Å². The standard InChI is InChI=1S/C11H10BrNO5/c1-6(14)18-9-3-2-7(12)4-8(9)11(17)13-5-10(15)16/h2-4H,5H2,1H3,(H,13,17)(H,15,16). The zero-order valence-electron chi connectivity index (χ0n) is 9.40. The van der Waals surface area contributed by atoms with Crippen LogP contribution in [0.1, 0.15) is 17.3 Å². The number of amides is 1. The summed E-state index contributed by atoms with van der Waals surface area (Å²) in [4.78, 5) is 33.0. The Kier molecular flexibility index (Phi) is 4.85. The molecule has 0 saturated heterocycles. The second kappa shape index (κ2) is 6.15. The highest BCUT2D eigenvalue weighted by Crippen LogP contribution is 2.23. The maximum absolute atomic E-state index is 11.7. The molecule has 0 aliphatic rings. The topological polar surface area (TPSA) is 92.7 Å². The summed E-state index contributed by atoms with van der Waals surface area (Å²) in [5.41, 5.74) is 0.0841. The van der Waals surface area contributed by atoms with Crippen LogP contribution < -0.4 is 10.1 Å². The van der Waals surface area contributed by atoms with Crippen LogP contribution in [0.15, 0.2) is 22.7 Å². The third-order valence-electron chi connectivity index (χ3n) is 1.84. The van der Waals surface area contributed by atoms with Gasteiger partial charge in [0.25, 0.3) is 5.91 Å². The van der Waals surface area contributed by atoms with Gasteiger partial charge in [-0.3, -0.25) is 14.4 Å². The van der Waals surface area contributed by atoms with Gasteiger partial charge in [-0.2, -0.15) is 0 Å². The van der Waals surface area contributed by atoms with Gasteiger partial charge in [-0.1, -0.05) is 15.9 Å². The smallest absolute Gasteiger partial charge is 0.322 e. The van der Waals surface area contributed by atoms with Crippen molar-refractivity contribution in [2.45, 2.75) is 6.92 Å². The number of benzene rings is 1. The number of ether oxygens (including phenoxy) is 1. The van der Waals surface area contributed by atoms with Gasteiger partial charge in [0, 0.05) is 11.4 Å². The second-order valence-corrected chi connectivity index (χ2v) is 4.23. The van der Waals surface area contributed by atoms with Crippen LogP contribution in [0.2, 0.25) is 0 Å². The lowest BCUT2D eigenvalue weighted by Crippen LogP contribution is -2.29. The fourth-order valence-electron chi connectivity index (χ4n) is 1.17. The summed E-state index contributed by atoms with van der Waals surface area (Å²) in [6, 6.07) is 4.49. The highest BCUT2D eigenvalue weighted by Gasteiger charge is 2.15. The van der Waals surface area contributed by atoms with Gasteiger partial charge in [-0.05, 0) is 18.2 Å². The molecule has 1 rings (SSSR count). The summed E-state index contributed by atoms with van der Waals surface area (Å²) < 4.78 is 5.47. The first-order chi connectivity index (χ1) is 8.40. The number of carboxylic acids is 1. The molecule has 1 amide bonds. The predicted octanol–water partition coefficient (Wildman–Crippen LogP) is 1.19. The van der Waals surface area contributed by atoms with E-state index in [1.54, 1.807) is 6.07 Å². The number of halogens is 1.